The summed E-state index contributed by atoms with van der Waals surface area (Å²) in [6.45, 7) is 4.33. The number of rotatable bonds is 8. The highest BCUT2D eigenvalue weighted by molar-refractivity contribution is 5.98. The van der Waals surface area contributed by atoms with Crippen LogP contribution in [-0.4, -0.2) is 17.9 Å². The number of ether oxygens (including phenoxy) is 1. The first-order chi connectivity index (χ1) is 8.72. The zero-order chi connectivity index (χ0) is 13.4. The van der Waals surface area contributed by atoms with Crippen molar-refractivity contribution in [3.05, 3.63) is 23.9 Å². The lowest BCUT2D eigenvalue weighted by Crippen LogP contribution is -2.10. The number of unbranched alkanes of at least 4 members (excludes halogenated alkanes) is 1. The second-order valence-electron chi connectivity index (χ2n) is 4.60. The molecule has 3 heteroatoms. The summed E-state index contributed by atoms with van der Waals surface area (Å²) in [6.07, 6.45) is 6.79. The highest BCUT2D eigenvalue weighted by Gasteiger charge is 2.17. The zero-order valence-electron chi connectivity index (χ0n) is 11.6. The van der Waals surface area contributed by atoms with Crippen LogP contribution in [0.2, 0.25) is 0 Å². The maximum Gasteiger partial charge on any atom is 0.224 e. The third-order valence-electron chi connectivity index (χ3n) is 3.28. The summed E-state index contributed by atoms with van der Waals surface area (Å²) >= 11 is 0. The minimum absolute atomic E-state index is 0.142. The van der Waals surface area contributed by atoms with Crippen LogP contribution in [0.15, 0.2) is 18.3 Å². The Hall–Kier alpha value is -1.38. The minimum atomic E-state index is 0.142. The van der Waals surface area contributed by atoms with Crippen molar-refractivity contribution >= 4 is 5.78 Å². The first-order valence-corrected chi connectivity index (χ1v) is 6.75. The SMILES string of the molecule is CCCCC(CC)CC(=O)c1cccnc1OC. The largest absolute Gasteiger partial charge is 0.480 e. The third kappa shape index (κ3) is 4.13. The first kappa shape index (κ1) is 14.7. The average Bonchev–Trinajstić information content (AvgIpc) is 2.43. The van der Waals surface area contributed by atoms with Crippen LogP contribution in [0, 0.1) is 5.92 Å². The fourth-order valence-corrected chi connectivity index (χ4v) is 2.08. The van der Waals surface area contributed by atoms with Crippen LogP contribution in [0.25, 0.3) is 0 Å². The van der Waals surface area contributed by atoms with Crippen molar-refractivity contribution in [1.82, 2.24) is 4.98 Å². The average molecular weight is 249 g/mol. The zero-order valence-corrected chi connectivity index (χ0v) is 11.6. The number of ketones is 1. The van der Waals surface area contributed by atoms with Crippen molar-refractivity contribution < 1.29 is 9.53 Å². The summed E-state index contributed by atoms with van der Waals surface area (Å²) in [7, 11) is 1.55. The van der Waals surface area contributed by atoms with Gasteiger partial charge in [-0.05, 0) is 18.1 Å². The normalized spacial score (nSPS) is 12.2. The molecule has 3 nitrogen and oxygen atoms in total. The quantitative estimate of drug-likeness (QED) is 0.656. The molecule has 1 unspecified atom stereocenters. The Morgan fingerprint density at radius 3 is 2.83 bits per heavy atom. The molecule has 1 aromatic rings. The van der Waals surface area contributed by atoms with Gasteiger partial charge in [-0.3, -0.25) is 4.79 Å². The molecule has 0 spiro atoms. The van der Waals surface area contributed by atoms with Gasteiger partial charge in [0.05, 0.1) is 12.7 Å². The molecule has 0 fully saturated rings. The maximum absolute atomic E-state index is 12.2. The van der Waals surface area contributed by atoms with E-state index in [1.165, 1.54) is 12.8 Å². The van der Waals surface area contributed by atoms with E-state index in [0.29, 0.717) is 23.8 Å². The van der Waals surface area contributed by atoms with Gasteiger partial charge >= 0.3 is 0 Å². The van der Waals surface area contributed by atoms with Gasteiger partial charge in [0, 0.05) is 12.6 Å². The van der Waals surface area contributed by atoms with Crippen LogP contribution < -0.4 is 4.74 Å². The molecule has 1 heterocycles. The van der Waals surface area contributed by atoms with E-state index in [0.717, 1.165) is 12.8 Å². The summed E-state index contributed by atoms with van der Waals surface area (Å²) in [5.41, 5.74) is 0.606. The highest BCUT2D eigenvalue weighted by Crippen LogP contribution is 2.22. The number of pyridine rings is 1. The van der Waals surface area contributed by atoms with E-state index in [2.05, 4.69) is 18.8 Å². The second kappa shape index (κ2) is 7.85. The maximum atomic E-state index is 12.2. The monoisotopic (exact) mass is 249 g/mol. The van der Waals surface area contributed by atoms with Crippen molar-refractivity contribution in [3.8, 4) is 5.88 Å². The summed E-state index contributed by atoms with van der Waals surface area (Å²) in [5.74, 6) is 1.05. The Labute approximate surface area is 110 Å². The van der Waals surface area contributed by atoms with Gasteiger partial charge in [0.2, 0.25) is 5.88 Å². The van der Waals surface area contributed by atoms with Gasteiger partial charge in [-0.2, -0.15) is 0 Å². The van der Waals surface area contributed by atoms with E-state index in [9.17, 15) is 4.79 Å². The van der Waals surface area contributed by atoms with Gasteiger partial charge in [-0.15, -0.1) is 0 Å². The number of nitrogens with zero attached hydrogens (tertiary/aromatic N) is 1. The van der Waals surface area contributed by atoms with Crippen LogP contribution in [-0.2, 0) is 0 Å². The van der Waals surface area contributed by atoms with E-state index in [1.54, 1.807) is 25.4 Å². The Balaban J connectivity index is 2.68. The highest BCUT2D eigenvalue weighted by atomic mass is 16.5. The lowest BCUT2D eigenvalue weighted by Gasteiger charge is -2.14. The molecular formula is C15H23NO2. The first-order valence-electron chi connectivity index (χ1n) is 6.75. The van der Waals surface area contributed by atoms with Gasteiger partial charge in [0.1, 0.15) is 0 Å². The molecular weight excluding hydrogens is 226 g/mol. The Morgan fingerprint density at radius 2 is 2.22 bits per heavy atom. The molecule has 0 saturated carbocycles. The minimum Gasteiger partial charge on any atom is -0.480 e. The lowest BCUT2D eigenvalue weighted by atomic mass is 9.92. The van der Waals surface area contributed by atoms with Crippen LogP contribution in [0.5, 0.6) is 5.88 Å². The Bertz CT molecular complexity index is 377. The molecule has 0 saturated heterocycles. The summed E-state index contributed by atoms with van der Waals surface area (Å²) in [6, 6.07) is 3.57. The van der Waals surface area contributed by atoms with Crippen molar-refractivity contribution in [2.24, 2.45) is 5.92 Å². The number of carbonyl (C=O) groups excluding carboxylic acids is 1. The van der Waals surface area contributed by atoms with Gasteiger partial charge in [-0.25, -0.2) is 4.98 Å². The standard InChI is InChI=1S/C15H23NO2/c1-4-6-8-12(5-2)11-14(17)13-9-7-10-16-15(13)18-3/h7,9-10,12H,4-6,8,11H2,1-3H3. The lowest BCUT2D eigenvalue weighted by molar-refractivity contribution is 0.0953. The van der Waals surface area contributed by atoms with Crippen molar-refractivity contribution in [2.45, 2.75) is 46.0 Å². The van der Waals surface area contributed by atoms with E-state index in [1.807, 2.05) is 0 Å². The predicted molar refractivity (Wildman–Crippen MR) is 73.0 cm³/mol. The topological polar surface area (TPSA) is 39.2 Å². The van der Waals surface area contributed by atoms with Gasteiger partial charge in [0.25, 0.3) is 0 Å². The molecule has 1 aromatic heterocycles. The van der Waals surface area contributed by atoms with Gasteiger partial charge in [0.15, 0.2) is 5.78 Å². The fraction of sp³-hybridized carbons (Fsp3) is 0.600. The molecule has 0 aliphatic heterocycles. The molecule has 0 aromatic carbocycles. The predicted octanol–water partition coefficient (Wildman–Crippen LogP) is 3.88. The fourth-order valence-electron chi connectivity index (χ4n) is 2.08. The van der Waals surface area contributed by atoms with E-state index >= 15 is 0 Å². The number of Topliss-reactive ketones (excluding diaryl/α,β-unsaturated/α-hetero) is 1. The van der Waals surface area contributed by atoms with Crippen LogP contribution in [0.3, 0.4) is 0 Å². The van der Waals surface area contributed by atoms with E-state index in [4.69, 9.17) is 4.74 Å². The summed E-state index contributed by atoms with van der Waals surface area (Å²) in [5, 5.41) is 0. The molecule has 1 rings (SSSR count). The second-order valence-corrected chi connectivity index (χ2v) is 4.60. The number of carbonyl (C=O) groups is 1. The number of hydrogen-bond acceptors (Lipinski definition) is 3. The van der Waals surface area contributed by atoms with Crippen molar-refractivity contribution in [3.63, 3.8) is 0 Å². The van der Waals surface area contributed by atoms with Crippen LogP contribution in [0.4, 0.5) is 0 Å². The molecule has 0 bridgehead atoms. The van der Waals surface area contributed by atoms with Crippen molar-refractivity contribution in [1.29, 1.82) is 0 Å². The molecule has 0 radical (unpaired) electrons. The van der Waals surface area contributed by atoms with Crippen molar-refractivity contribution in [2.75, 3.05) is 7.11 Å². The van der Waals surface area contributed by atoms with Gasteiger partial charge in [-0.1, -0.05) is 39.5 Å². The molecule has 0 N–H and O–H groups in total. The molecule has 100 valence electrons. The number of methoxy groups -OCH3 is 1. The summed E-state index contributed by atoms with van der Waals surface area (Å²) in [4.78, 5) is 16.3. The van der Waals surface area contributed by atoms with Crippen LogP contribution in [0.1, 0.15) is 56.3 Å². The Kier molecular flexibility index (Phi) is 6.40. The number of hydrogen-bond donors (Lipinski definition) is 0. The third-order valence-corrected chi connectivity index (χ3v) is 3.28. The molecule has 18 heavy (non-hydrogen) atoms. The number of aromatic nitrogens is 1. The van der Waals surface area contributed by atoms with E-state index < -0.39 is 0 Å². The molecule has 1 atom stereocenters. The molecule has 0 amide bonds. The Morgan fingerprint density at radius 1 is 1.44 bits per heavy atom. The molecule has 0 aliphatic carbocycles. The molecule has 0 aliphatic rings. The smallest absolute Gasteiger partial charge is 0.224 e. The van der Waals surface area contributed by atoms with Gasteiger partial charge < -0.3 is 4.74 Å². The van der Waals surface area contributed by atoms with Crippen LogP contribution >= 0.6 is 0 Å². The summed E-state index contributed by atoms with van der Waals surface area (Å²) < 4.78 is 5.13. The van der Waals surface area contributed by atoms with E-state index in [-0.39, 0.29) is 5.78 Å².